The second kappa shape index (κ2) is 8.45. The number of benzene rings is 1. The van der Waals surface area contributed by atoms with Gasteiger partial charge in [0.1, 0.15) is 11.5 Å². The number of aryl methyl sites for hydroxylation is 1. The largest absolute Gasteiger partial charge is 0.497 e. The summed E-state index contributed by atoms with van der Waals surface area (Å²) in [6.45, 7) is 2.87. The van der Waals surface area contributed by atoms with Crippen molar-refractivity contribution in [1.82, 2.24) is 4.90 Å². The molecule has 1 aliphatic rings. The number of nitrogens with one attached hydrogen (secondary N) is 1. The third kappa shape index (κ3) is 4.12. The van der Waals surface area contributed by atoms with Crippen LogP contribution >= 0.6 is 11.3 Å². The monoisotopic (exact) mass is 374 g/mol. The molecule has 0 saturated carbocycles. The Morgan fingerprint density at radius 2 is 2.00 bits per heavy atom. The normalized spacial score (nSPS) is 17.5. The van der Waals surface area contributed by atoms with Crippen molar-refractivity contribution in [3.63, 3.8) is 0 Å². The van der Waals surface area contributed by atoms with Crippen LogP contribution in [0.3, 0.4) is 0 Å². The van der Waals surface area contributed by atoms with Crippen molar-refractivity contribution in [3.8, 4) is 11.5 Å². The van der Waals surface area contributed by atoms with Crippen molar-refractivity contribution in [3.05, 3.63) is 40.1 Å². The molecule has 0 bridgehead atoms. The third-order valence-corrected chi connectivity index (χ3v) is 5.85. The Balaban J connectivity index is 1.84. The fourth-order valence-electron chi connectivity index (χ4n) is 3.38. The van der Waals surface area contributed by atoms with Crippen LogP contribution in [-0.4, -0.2) is 31.7 Å². The van der Waals surface area contributed by atoms with E-state index >= 15 is 0 Å². The molecule has 26 heavy (non-hydrogen) atoms. The molecule has 1 atom stereocenters. The third-order valence-electron chi connectivity index (χ3n) is 4.75. The molecule has 1 unspecified atom stereocenters. The first-order valence-electron chi connectivity index (χ1n) is 8.98. The summed E-state index contributed by atoms with van der Waals surface area (Å²) in [5.41, 5.74) is 0.627. The number of carbonyl (C=O) groups is 1. The number of hydrogen-bond acceptors (Lipinski definition) is 4. The Bertz CT molecular complexity index is 759. The zero-order valence-electron chi connectivity index (χ0n) is 15.6. The van der Waals surface area contributed by atoms with Gasteiger partial charge in [-0.25, -0.2) is 4.79 Å². The number of hydrogen-bond donors (Lipinski definition) is 1. The minimum absolute atomic E-state index is 0.0884. The fraction of sp³-hybridized carbons (Fsp3) is 0.450. The first-order valence-corrected chi connectivity index (χ1v) is 9.80. The minimum atomic E-state index is -0.0884. The predicted molar refractivity (Wildman–Crippen MR) is 106 cm³/mol. The SMILES string of the molecule is COc1ccc(OC)c(NC(=O)N2CCCCCC2c2ccc(C)s2)c1. The molecule has 1 aromatic heterocycles. The molecule has 1 aliphatic heterocycles. The Kier molecular flexibility index (Phi) is 6.04. The van der Waals surface area contributed by atoms with E-state index in [1.54, 1.807) is 37.7 Å². The van der Waals surface area contributed by atoms with E-state index in [1.165, 1.54) is 9.75 Å². The lowest BCUT2D eigenvalue weighted by Crippen LogP contribution is -2.37. The molecule has 3 rings (SSSR count). The molecular formula is C20H26N2O3S. The zero-order chi connectivity index (χ0) is 18.5. The molecule has 0 spiro atoms. The Morgan fingerprint density at radius 1 is 1.15 bits per heavy atom. The maximum Gasteiger partial charge on any atom is 0.322 e. The van der Waals surface area contributed by atoms with Crippen molar-refractivity contribution in [2.24, 2.45) is 0 Å². The molecule has 2 amide bonds. The van der Waals surface area contributed by atoms with E-state index in [4.69, 9.17) is 9.47 Å². The number of thiophene rings is 1. The van der Waals surface area contributed by atoms with Gasteiger partial charge in [-0.15, -0.1) is 11.3 Å². The van der Waals surface area contributed by atoms with Gasteiger partial charge in [-0.2, -0.15) is 0 Å². The number of methoxy groups -OCH3 is 2. The van der Waals surface area contributed by atoms with Gasteiger partial charge in [-0.1, -0.05) is 12.8 Å². The summed E-state index contributed by atoms with van der Waals surface area (Å²) < 4.78 is 10.7. The van der Waals surface area contributed by atoms with Crippen LogP contribution in [-0.2, 0) is 0 Å². The molecule has 5 nitrogen and oxygen atoms in total. The van der Waals surface area contributed by atoms with Crippen molar-refractivity contribution in [2.75, 3.05) is 26.1 Å². The van der Waals surface area contributed by atoms with E-state index in [0.29, 0.717) is 17.2 Å². The number of rotatable bonds is 4. The van der Waals surface area contributed by atoms with Gasteiger partial charge in [-0.3, -0.25) is 0 Å². The summed E-state index contributed by atoms with van der Waals surface area (Å²) >= 11 is 1.78. The number of anilines is 1. The van der Waals surface area contributed by atoms with Crippen LogP contribution in [0.5, 0.6) is 11.5 Å². The average Bonchev–Trinajstić information content (AvgIpc) is 2.93. The van der Waals surface area contributed by atoms with Crippen LogP contribution in [0, 0.1) is 6.92 Å². The minimum Gasteiger partial charge on any atom is -0.497 e. The number of urea groups is 1. The summed E-state index contributed by atoms with van der Waals surface area (Å²) in [7, 11) is 3.21. The fourth-order valence-corrected chi connectivity index (χ4v) is 4.40. The summed E-state index contributed by atoms with van der Waals surface area (Å²) in [6.07, 6.45) is 4.34. The number of likely N-dealkylation sites (tertiary alicyclic amines) is 1. The lowest BCUT2D eigenvalue weighted by molar-refractivity contribution is 0.190. The Morgan fingerprint density at radius 3 is 2.69 bits per heavy atom. The molecule has 6 heteroatoms. The lowest BCUT2D eigenvalue weighted by atomic mass is 10.1. The topological polar surface area (TPSA) is 50.8 Å². The second-order valence-corrected chi connectivity index (χ2v) is 7.82. The number of ether oxygens (including phenoxy) is 2. The highest BCUT2D eigenvalue weighted by atomic mass is 32.1. The number of nitrogens with zero attached hydrogens (tertiary/aromatic N) is 1. The lowest BCUT2D eigenvalue weighted by Gasteiger charge is -2.30. The average molecular weight is 375 g/mol. The predicted octanol–water partition coefficient (Wildman–Crippen LogP) is 5.22. The standard InChI is InChI=1S/C20H26N2O3S/c1-14-8-11-19(26-14)17-7-5-4-6-12-22(17)20(23)21-16-13-15(24-2)9-10-18(16)25-3/h8-11,13,17H,4-7,12H2,1-3H3,(H,21,23). The maximum atomic E-state index is 13.1. The van der Waals surface area contributed by atoms with Crippen LogP contribution < -0.4 is 14.8 Å². The van der Waals surface area contributed by atoms with Gasteiger partial charge < -0.3 is 19.7 Å². The number of amides is 2. The molecule has 140 valence electrons. The smallest absolute Gasteiger partial charge is 0.322 e. The van der Waals surface area contributed by atoms with E-state index < -0.39 is 0 Å². The molecular weight excluding hydrogens is 348 g/mol. The van der Waals surface area contributed by atoms with Crippen molar-refractivity contribution < 1.29 is 14.3 Å². The Labute approximate surface area is 158 Å². The molecule has 2 aromatic rings. The summed E-state index contributed by atoms with van der Waals surface area (Å²) in [5, 5.41) is 3.03. The van der Waals surface area contributed by atoms with Gasteiger partial charge >= 0.3 is 6.03 Å². The van der Waals surface area contributed by atoms with Gasteiger partial charge in [0.05, 0.1) is 25.9 Å². The van der Waals surface area contributed by atoms with Crippen LogP contribution in [0.2, 0.25) is 0 Å². The summed E-state index contributed by atoms with van der Waals surface area (Å²) in [4.78, 5) is 17.6. The highest BCUT2D eigenvalue weighted by Gasteiger charge is 2.28. The molecule has 1 N–H and O–H groups in total. The van der Waals surface area contributed by atoms with E-state index in [9.17, 15) is 4.79 Å². The van der Waals surface area contributed by atoms with E-state index in [-0.39, 0.29) is 12.1 Å². The first kappa shape index (κ1) is 18.6. The second-order valence-electron chi connectivity index (χ2n) is 6.50. The highest BCUT2D eigenvalue weighted by molar-refractivity contribution is 7.12. The Hall–Kier alpha value is -2.21. The number of carbonyl (C=O) groups excluding carboxylic acids is 1. The zero-order valence-corrected chi connectivity index (χ0v) is 16.4. The summed E-state index contributed by atoms with van der Waals surface area (Å²) in [5.74, 6) is 1.31. The maximum absolute atomic E-state index is 13.1. The summed E-state index contributed by atoms with van der Waals surface area (Å²) in [6, 6.07) is 9.74. The van der Waals surface area contributed by atoms with E-state index in [2.05, 4.69) is 24.4 Å². The van der Waals surface area contributed by atoms with Crippen LogP contribution in [0.25, 0.3) is 0 Å². The van der Waals surface area contributed by atoms with Crippen molar-refractivity contribution in [1.29, 1.82) is 0 Å². The highest BCUT2D eigenvalue weighted by Crippen LogP contribution is 2.35. The quantitative estimate of drug-likeness (QED) is 0.798. The molecule has 1 aromatic carbocycles. The van der Waals surface area contributed by atoms with Crippen molar-refractivity contribution in [2.45, 2.75) is 38.6 Å². The van der Waals surface area contributed by atoms with Crippen LogP contribution in [0.4, 0.5) is 10.5 Å². The molecule has 0 radical (unpaired) electrons. The van der Waals surface area contributed by atoms with Gasteiger partial charge in [0.15, 0.2) is 0 Å². The molecule has 1 saturated heterocycles. The van der Waals surface area contributed by atoms with Gasteiger partial charge in [-0.05, 0) is 44.0 Å². The van der Waals surface area contributed by atoms with Gasteiger partial charge in [0, 0.05) is 22.4 Å². The van der Waals surface area contributed by atoms with Gasteiger partial charge in [0.2, 0.25) is 0 Å². The molecule has 2 heterocycles. The van der Waals surface area contributed by atoms with Gasteiger partial charge in [0.25, 0.3) is 0 Å². The van der Waals surface area contributed by atoms with Crippen LogP contribution in [0.15, 0.2) is 30.3 Å². The van der Waals surface area contributed by atoms with E-state index in [0.717, 1.165) is 32.2 Å². The van der Waals surface area contributed by atoms with Crippen LogP contribution in [0.1, 0.15) is 41.5 Å². The van der Waals surface area contributed by atoms with E-state index in [1.807, 2.05) is 11.0 Å². The van der Waals surface area contributed by atoms with Crippen molar-refractivity contribution >= 4 is 23.1 Å². The first-order chi connectivity index (χ1) is 12.6. The molecule has 1 fully saturated rings. The molecule has 0 aliphatic carbocycles.